The maximum absolute atomic E-state index is 2.81. The van der Waals surface area contributed by atoms with Gasteiger partial charge in [0.25, 0.3) is 0 Å². The third-order valence-corrected chi connectivity index (χ3v) is 13.9. The fourth-order valence-corrected chi connectivity index (χ4v) is 11.2. The van der Waals surface area contributed by atoms with Gasteiger partial charge in [-0.25, -0.2) is 0 Å². The van der Waals surface area contributed by atoms with Crippen LogP contribution in [0.15, 0.2) is 95.2 Å². The normalized spacial score (nSPS) is 37.1. The number of fused-ring (bicyclic) bond motifs is 6. The molecule has 0 nitrogen and oxygen atoms in total. The molecule has 0 bridgehead atoms. The van der Waals surface area contributed by atoms with Gasteiger partial charge in [-0.15, -0.1) is 0 Å². The first-order valence-electron chi connectivity index (χ1n) is 19.8. The van der Waals surface area contributed by atoms with Gasteiger partial charge in [-0.2, -0.15) is 0 Å². The molecule has 8 unspecified atom stereocenters. The zero-order valence-corrected chi connectivity index (χ0v) is 33.3. The monoisotopic (exact) mass is 647 g/mol. The van der Waals surface area contributed by atoms with E-state index in [4.69, 9.17) is 0 Å². The third kappa shape index (κ3) is 6.13. The van der Waals surface area contributed by atoms with Gasteiger partial charge in [0.2, 0.25) is 0 Å². The highest BCUT2D eigenvalue weighted by Gasteiger charge is 2.62. The van der Waals surface area contributed by atoms with Crippen LogP contribution in [0.3, 0.4) is 0 Å². The third-order valence-electron chi connectivity index (χ3n) is 13.9. The molecule has 0 aromatic carbocycles. The van der Waals surface area contributed by atoms with Crippen molar-refractivity contribution in [2.24, 2.45) is 86.3 Å². The van der Waals surface area contributed by atoms with Crippen molar-refractivity contribution in [1.29, 1.82) is 0 Å². The van der Waals surface area contributed by atoms with E-state index in [0.717, 1.165) is 0 Å². The highest BCUT2D eigenvalue weighted by molar-refractivity contribution is 5.43. The molecule has 0 aliphatic heterocycles. The number of rotatable bonds is 5. The van der Waals surface area contributed by atoms with Crippen LogP contribution in [0, 0.1) is 86.3 Å². The molecule has 8 atom stereocenters. The van der Waals surface area contributed by atoms with Gasteiger partial charge in [0.1, 0.15) is 0 Å². The molecule has 2 fully saturated rings. The van der Waals surface area contributed by atoms with E-state index >= 15 is 0 Å². The molecule has 2 saturated carbocycles. The van der Waals surface area contributed by atoms with Crippen molar-refractivity contribution >= 4 is 0 Å². The number of unbranched alkanes of at least 4 members (excludes halogenated alkanes) is 1. The Morgan fingerprint density at radius 1 is 0.396 bits per heavy atom. The molecule has 0 aromatic rings. The molecule has 262 valence electrons. The Morgan fingerprint density at radius 3 is 0.854 bits per heavy atom. The molecule has 6 aliphatic rings. The van der Waals surface area contributed by atoms with Crippen LogP contribution in [0.25, 0.3) is 0 Å². The summed E-state index contributed by atoms with van der Waals surface area (Å²) >= 11 is 0. The lowest BCUT2D eigenvalue weighted by atomic mass is 9.53. The van der Waals surface area contributed by atoms with Crippen molar-refractivity contribution in [1.82, 2.24) is 0 Å². The van der Waals surface area contributed by atoms with Crippen LogP contribution in [0.2, 0.25) is 0 Å². The lowest BCUT2D eigenvalue weighted by Crippen LogP contribution is -2.45. The molecular formula is C48H70. The maximum atomic E-state index is 2.81. The van der Waals surface area contributed by atoms with E-state index in [9.17, 15) is 0 Å². The van der Waals surface area contributed by atoms with Gasteiger partial charge in [0, 0.05) is 0 Å². The van der Waals surface area contributed by atoms with E-state index in [2.05, 4.69) is 170 Å². The minimum Gasteiger partial charge on any atom is -0.0799 e. The van der Waals surface area contributed by atoms with Crippen LogP contribution >= 0.6 is 0 Å². The summed E-state index contributed by atoms with van der Waals surface area (Å²) < 4.78 is 0. The van der Waals surface area contributed by atoms with E-state index in [1.165, 1.54) is 19.3 Å². The molecule has 0 heterocycles. The van der Waals surface area contributed by atoms with E-state index in [1.807, 2.05) is 0 Å². The fourth-order valence-electron chi connectivity index (χ4n) is 11.2. The molecule has 0 N–H and O–H groups in total. The Balaban J connectivity index is 1.59. The van der Waals surface area contributed by atoms with Crippen molar-refractivity contribution in [3.8, 4) is 0 Å². The summed E-state index contributed by atoms with van der Waals surface area (Å²) in [6.07, 6.45) is 35.8. The first-order valence-corrected chi connectivity index (χ1v) is 19.8. The zero-order valence-electron chi connectivity index (χ0n) is 33.3. The summed E-state index contributed by atoms with van der Waals surface area (Å²) in [6.45, 7) is 34.2. The van der Waals surface area contributed by atoms with Crippen LogP contribution in [0.4, 0.5) is 0 Å². The fraction of sp³-hybridized carbons (Fsp3) is 0.667. The van der Waals surface area contributed by atoms with E-state index in [1.54, 1.807) is 22.3 Å². The number of hydrogen-bond donors (Lipinski definition) is 0. The molecule has 0 saturated heterocycles. The van der Waals surface area contributed by atoms with Crippen LogP contribution < -0.4 is 0 Å². The Bertz CT molecular complexity index is 1280. The van der Waals surface area contributed by atoms with Crippen molar-refractivity contribution in [2.45, 2.75) is 116 Å². The van der Waals surface area contributed by atoms with E-state index < -0.39 is 0 Å². The molecule has 6 aliphatic carbocycles. The lowest BCUT2D eigenvalue weighted by Gasteiger charge is -2.51. The number of hydrogen-bond acceptors (Lipinski definition) is 0. The highest BCUT2D eigenvalue weighted by Crippen LogP contribution is 2.68. The second kappa shape index (κ2) is 12.0. The minimum atomic E-state index is 0.155. The van der Waals surface area contributed by atoms with Crippen LogP contribution in [0.1, 0.15) is 116 Å². The Morgan fingerprint density at radius 2 is 0.646 bits per heavy atom. The summed E-state index contributed by atoms with van der Waals surface area (Å²) in [6, 6.07) is 0. The van der Waals surface area contributed by atoms with Crippen molar-refractivity contribution < 1.29 is 0 Å². The van der Waals surface area contributed by atoms with Crippen LogP contribution in [-0.2, 0) is 0 Å². The SMILES string of the molecule is CCCCC(C)(C1C2C=C(C(C)(C)C)C=CC2C2C=CC(C(C)(C)C)=CC21)C1C2C=C(C(C)(C)C)C=CC2C2C=CC(C(C)(C)C)=CC21. The average Bonchev–Trinajstić information content (AvgIpc) is 3.50. The standard InChI is InChI=1S/C48H70/c1-15-16-25-48(14,42-38-26-30(44(2,3)4)17-21-34(38)35-22-18-31(27-39(35)42)45(5,6)7)43-40-28-32(46(8,9)10)19-23-36(40)37-24-20-33(29-41(37)43)47(11,12)13/h17-24,26-29,34-43H,15-16,25H2,1-14H3. The topological polar surface area (TPSA) is 0 Å². The predicted octanol–water partition coefficient (Wildman–Crippen LogP) is 13.5. The Kier molecular flexibility index (Phi) is 8.95. The molecule has 0 amide bonds. The summed E-state index contributed by atoms with van der Waals surface area (Å²) in [7, 11) is 0. The first kappa shape index (κ1) is 35.7. The van der Waals surface area contributed by atoms with Gasteiger partial charge in [-0.3, -0.25) is 0 Å². The summed E-state index contributed by atoms with van der Waals surface area (Å²) in [4.78, 5) is 0. The van der Waals surface area contributed by atoms with Crippen molar-refractivity contribution in [3.63, 3.8) is 0 Å². The zero-order chi connectivity index (χ0) is 35.2. The smallest absolute Gasteiger partial charge is 0.00952 e. The second-order valence-electron chi connectivity index (χ2n) is 21.2. The molecular weight excluding hydrogens is 577 g/mol. The largest absolute Gasteiger partial charge is 0.0799 e. The highest BCUT2D eigenvalue weighted by atomic mass is 14.7. The summed E-state index contributed by atoms with van der Waals surface area (Å²) in [5, 5.41) is 0. The molecule has 48 heavy (non-hydrogen) atoms. The van der Waals surface area contributed by atoms with Gasteiger partial charge >= 0.3 is 0 Å². The lowest BCUT2D eigenvalue weighted by molar-refractivity contribution is 0.00965. The molecule has 6 rings (SSSR count). The van der Waals surface area contributed by atoms with Gasteiger partial charge in [-0.1, -0.05) is 183 Å². The number of allylic oxidation sites excluding steroid dienone is 16. The Hall–Kier alpha value is -2.08. The van der Waals surface area contributed by atoms with Gasteiger partial charge < -0.3 is 0 Å². The maximum Gasteiger partial charge on any atom is -0.00952 e. The molecule has 0 radical (unpaired) electrons. The van der Waals surface area contributed by atoms with E-state index in [-0.39, 0.29) is 27.1 Å². The van der Waals surface area contributed by atoms with Crippen molar-refractivity contribution in [2.75, 3.05) is 0 Å². The first-order chi connectivity index (χ1) is 22.2. The van der Waals surface area contributed by atoms with E-state index in [0.29, 0.717) is 59.2 Å². The second-order valence-corrected chi connectivity index (χ2v) is 21.2. The predicted molar refractivity (Wildman–Crippen MR) is 209 cm³/mol. The van der Waals surface area contributed by atoms with Gasteiger partial charge in [0.15, 0.2) is 0 Å². The van der Waals surface area contributed by atoms with Gasteiger partial charge in [0.05, 0.1) is 0 Å². The molecule has 0 heteroatoms. The molecule has 0 aromatic heterocycles. The minimum absolute atomic E-state index is 0.155. The summed E-state index contributed by atoms with van der Waals surface area (Å²) in [5.41, 5.74) is 6.98. The Labute approximate surface area is 296 Å². The average molecular weight is 647 g/mol. The van der Waals surface area contributed by atoms with Gasteiger partial charge in [-0.05, 0) is 115 Å². The van der Waals surface area contributed by atoms with Crippen molar-refractivity contribution in [3.05, 3.63) is 95.2 Å². The quantitative estimate of drug-likeness (QED) is 0.279. The molecule has 0 spiro atoms. The summed E-state index contributed by atoms with van der Waals surface area (Å²) in [5.74, 6) is 5.76. The van der Waals surface area contributed by atoms with Crippen LogP contribution in [-0.4, -0.2) is 0 Å². The van der Waals surface area contributed by atoms with Crippen LogP contribution in [0.5, 0.6) is 0 Å².